The van der Waals surface area contributed by atoms with Crippen molar-refractivity contribution in [2.24, 2.45) is 0 Å². The Balaban J connectivity index is 1.73. The van der Waals surface area contributed by atoms with Crippen molar-refractivity contribution in [2.45, 2.75) is 19.3 Å². The molecule has 0 amide bonds. The summed E-state index contributed by atoms with van der Waals surface area (Å²) in [6.45, 7) is 3.45. The van der Waals surface area contributed by atoms with E-state index in [9.17, 15) is 0 Å². The summed E-state index contributed by atoms with van der Waals surface area (Å²) in [4.78, 5) is 4.47. The lowest BCUT2D eigenvalue weighted by molar-refractivity contribution is 0.218. The van der Waals surface area contributed by atoms with Crippen LogP contribution < -0.4 is 10.6 Å². The fraction of sp³-hybridized carbons (Fsp3) is 0.412. The van der Waals surface area contributed by atoms with Gasteiger partial charge in [-0.1, -0.05) is 0 Å². The maximum Gasteiger partial charge on any atom is 0.154 e. The van der Waals surface area contributed by atoms with Crippen LogP contribution in [0.25, 0.3) is 11.2 Å². The van der Waals surface area contributed by atoms with E-state index >= 15 is 0 Å². The number of hydrogen-bond acceptors (Lipinski definition) is 5. The van der Waals surface area contributed by atoms with Crippen LogP contribution in [0.4, 0.5) is 5.82 Å². The van der Waals surface area contributed by atoms with Gasteiger partial charge in [0.15, 0.2) is 5.65 Å². The van der Waals surface area contributed by atoms with Crippen LogP contribution in [0.2, 0.25) is 0 Å². The van der Waals surface area contributed by atoms with E-state index in [1.54, 1.807) is 0 Å². The van der Waals surface area contributed by atoms with Gasteiger partial charge in [0.2, 0.25) is 0 Å². The zero-order valence-electron chi connectivity index (χ0n) is 13.1. The van der Waals surface area contributed by atoms with Crippen molar-refractivity contribution in [3.8, 4) is 0 Å². The minimum atomic E-state index is 0.740. The Hall–Kier alpha value is -2.34. The molecule has 0 radical (unpaired) electrons. The van der Waals surface area contributed by atoms with Crippen molar-refractivity contribution < 1.29 is 4.74 Å². The number of nitrogens with zero attached hydrogens (tertiary/aromatic N) is 3. The molecule has 2 aromatic rings. The minimum Gasteiger partial charge on any atom is -0.494 e. The van der Waals surface area contributed by atoms with Crippen molar-refractivity contribution >= 4 is 17.0 Å². The first-order valence-corrected chi connectivity index (χ1v) is 8.23. The molecule has 2 aromatic heterocycles. The molecule has 0 atom stereocenters. The number of ether oxygens (including phenoxy) is 1. The average Bonchev–Trinajstić information content (AvgIpc) is 3.00. The Kier molecular flexibility index (Phi) is 3.98. The first-order chi connectivity index (χ1) is 11.4. The highest BCUT2D eigenvalue weighted by Gasteiger charge is 2.14. The van der Waals surface area contributed by atoms with Crippen molar-refractivity contribution in [3.05, 3.63) is 41.9 Å². The molecule has 120 valence electrons. The number of nitrogens with one attached hydrogen (secondary N) is 2. The third-order valence-corrected chi connectivity index (χ3v) is 4.14. The molecule has 0 fully saturated rings. The Bertz CT molecular complexity index is 761. The SMILES string of the molecule is C1=C2C=C(CC1)c1cnc3ccc(nn13)NCCNCCCO2. The van der Waals surface area contributed by atoms with Crippen LogP contribution in [0.3, 0.4) is 0 Å². The second kappa shape index (κ2) is 6.42. The van der Waals surface area contributed by atoms with Gasteiger partial charge < -0.3 is 15.4 Å². The number of anilines is 1. The van der Waals surface area contributed by atoms with E-state index in [2.05, 4.69) is 32.9 Å². The molecule has 2 N–H and O–H groups in total. The molecular formula is C17H21N5O. The number of fused-ring (bicyclic) bond motifs is 3. The maximum absolute atomic E-state index is 5.90. The fourth-order valence-corrected chi connectivity index (χ4v) is 2.95. The standard InChI is InChI=1S/C17H21N5O/c1-3-13-11-14(4-1)23-10-2-7-18-8-9-19-16-5-6-17-20-12-15(13)22(17)21-16/h4-6,11-12,18H,1-3,7-10H2,(H,19,21). The van der Waals surface area contributed by atoms with Crippen molar-refractivity contribution in [1.29, 1.82) is 0 Å². The maximum atomic E-state index is 5.90. The number of rotatable bonds is 0. The summed E-state index contributed by atoms with van der Waals surface area (Å²) in [7, 11) is 0. The van der Waals surface area contributed by atoms with Gasteiger partial charge in [-0.2, -0.15) is 0 Å². The summed E-state index contributed by atoms with van der Waals surface area (Å²) in [5.41, 5.74) is 3.14. The van der Waals surface area contributed by atoms with E-state index in [0.29, 0.717) is 0 Å². The second-order valence-corrected chi connectivity index (χ2v) is 5.83. The summed E-state index contributed by atoms with van der Waals surface area (Å²) in [5.74, 6) is 1.84. The van der Waals surface area contributed by atoms with Crippen LogP contribution in [-0.2, 0) is 4.74 Å². The molecule has 2 aliphatic rings. The molecule has 0 saturated carbocycles. The van der Waals surface area contributed by atoms with Gasteiger partial charge in [0.1, 0.15) is 11.6 Å². The first kappa shape index (κ1) is 14.3. The molecule has 0 aromatic carbocycles. The van der Waals surface area contributed by atoms with Crippen LogP contribution in [0.15, 0.2) is 36.2 Å². The van der Waals surface area contributed by atoms with E-state index in [1.807, 2.05) is 22.8 Å². The van der Waals surface area contributed by atoms with Gasteiger partial charge in [0.05, 0.1) is 18.5 Å². The minimum absolute atomic E-state index is 0.740. The normalized spacial score (nSPS) is 19.1. The number of hydrogen-bond donors (Lipinski definition) is 2. The van der Waals surface area contributed by atoms with Gasteiger partial charge in [-0.3, -0.25) is 0 Å². The monoisotopic (exact) mass is 311 g/mol. The van der Waals surface area contributed by atoms with E-state index in [1.165, 1.54) is 5.57 Å². The smallest absolute Gasteiger partial charge is 0.154 e. The Labute approximate surface area is 135 Å². The molecule has 23 heavy (non-hydrogen) atoms. The van der Waals surface area contributed by atoms with Crippen LogP contribution in [0, 0.1) is 0 Å². The van der Waals surface area contributed by atoms with Gasteiger partial charge in [0, 0.05) is 13.1 Å². The third kappa shape index (κ3) is 3.07. The van der Waals surface area contributed by atoms with Crippen LogP contribution in [0.1, 0.15) is 25.0 Å². The van der Waals surface area contributed by atoms with Gasteiger partial charge >= 0.3 is 0 Å². The highest BCUT2D eigenvalue weighted by Crippen LogP contribution is 2.27. The summed E-state index contributed by atoms with van der Waals surface area (Å²) in [6, 6.07) is 3.98. The fourth-order valence-electron chi connectivity index (χ4n) is 2.95. The van der Waals surface area contributed by atoms with E-state index in [-0.39, 0.29) is 0 Å². The predicted octanol–water partition coefficient (Wildman–Crippen LogP) is 2.21. The molecule has 6 heteroatoms. The lowest BCUT2D eigenvalue weighted by Gasteiger charge is -2.14. The number of allylic oxidation sites excluding steroid dienone is 3. The Morgan fingerprint density at radius 2 is 2.17 bits per heavy atom. The topological polar surface area (TPSA) is 63.5 Å². The molecule has 0 saturated heterocycles. The highest BCUT2D eigenvalue weighted by molar-refractivity contribution is 5.68. The van der Waals surface area contributed by atoms with Gasteiger partial charge in [-0.05, 0) is 55.7 Å². The van der Waals surface area contributed by atoms with E-state index in [0.717, 1.165) is 68.4 Å². The summed E-state index contributed by atoms with van der Waals surface area (Å²) in [5, 5.41) is 11.5. The Morgan fingerprint density at radius 1 is 1.17 bits per heavy atom. The van der Waals surface area contributed by atoms with Crippen molar-refractivity contribution in [3.63, 3.8) is 0 Å². The zero-order valence-corrected chi connectivity index (χ0v) is 13.1. The summed E-state index contributed by atoms with van der Waals surface area (Å²) < 4.78 is 7.82. The molecule has 4 rings (SSSR count). The molecule has 1 aliphatic carbocycles. The third-order valence-electron chi connectivity index (χ3n) is 4.14. The van der Waals surface area contributed by atoms with E-state index < -0.39 is 0 Å². The lowest BCUT2D eigenvalue weighted by atomic mass is 10.0. The van der Waals surface area contributed by atoms with Crippen LogP contribution in [0.5, 0.6) is 0 Å². The quantitative estimate of drug-likeness (QED) is 0.781. The van der Waals surface area contributed by atoms with Gasteiger partial charge in [0.25, 0.3) is 0 Å². The van der Waals surface area contributed by atoms with Crippen molar-refractivity contribution in [2.75, 3.05) is 31.6 Å². The molecule has 1 aliphatic heterocycles. The lowest BCUT2D eigenvalue weighted by Crippen LogP contribution is -2.24. The zero-order chi connectivity index (χ0) is 15.5. The molecular weight excluding hydrogens is 290 g/mol. The van der Waals surface area contributed by atoms with Crippen molar-refractivity contribution in [1.82, 2.24) is 19.9 Å². The van der Waals surface area contributed by atoms with Gasteiger partial charge in [-0.25, -0.2) is 9.50 Å². The Morgan fingerprint density at radius 3 is 3.17 bits per heavy atom. The number of imidazole rings is 1. The molecule has 4 bridgehead atoms. The second-order valence-electron chi connectivity index (χ2n) is 5.83. The number of aromatic nitrogens is 3. The summed E-state index contributed by atoms with van der Waals surface area (Å²) in [6.07, 6.45) is 9.18. The van der Waals surface area contributed by atoms with Crippen LogP contribution >= 0.6 is 0 Å². The van der Waals surface area contributed by atoms with Gasteiger partial charge in [-0.15, -0.1) is 5.10 Å². The molecule has 3 heterocycles. The molecule has 0 unspecified atom stereocenters. The summed E-state index contributed by atoms with van der Waals surface area (Å²) >= 11 is 0. The predicted molar refractivity (Wildman–Crippen MR) is 90.2 cm³/mol. The van der Waals surface area contributed by atoms with E-state index in [4.69, 9.17) is 4.74 Å². The average molecular weight is 311 g/mol. The van der Waals surface area contributed by atoms with Crippen LogP contribution in [-0.4, -0.2) is 40.8 Å². The molecule has 6 nitrogen and oxygen atoms in total. The highest BCUT2D eigenvalue weighted by atomic mass is 16.5. The largest absolute Gasteiger partial charge is 0.494 e. The first-order valence-electron chi connectivity index (χ1n) is 8.23. The molecule has 0 spiro atoms.